The average molecular weight is 243 g/mol. The summed E-state index contributed by atoms with van der Waals surface area (Å²) in [5.41, 5.74) is 4.45. The molecule has 2 N–H and O–H groups in total. The van der Waals surface area contributed by atoms with Crippen LogP contribution >= 0.6 is 0 Å². The van der Waals surface area contributed by atoms with Gasteiger partial charge < -0.3 is 15.5 Å². The standard InChI is InChI=1S/C13H26FN3/c1-16-8-3-12(4-9-16)17-7-2-5-13(14,11-15)6-10-17/h12H,2-11,15H2,1H3. The highest BCUT2D eigenvalue weighted by Crippen LogP contribution is 2.28. The third-order valence-electron chi connectivity index (χ3n) is 4.49. The van der Waals surface area contributed by atoms with E-state index in [1.165, 1.54) is 25.9 Å². The summed E-state index contributed by atoms with van der Waals surface area (Å²) in [6, 6.07) is 0.673. The van der Waals surface area contributed by atoms with E-state index in [0.717, 1.165) is 19.5 Å². The molecule has 1 atom stereocenters. The lowest BCUT2D eigenvalue weighted by Gasteiger charge is -2.36. The molecular weight excluding hydrogens is 217 g/mol. The Balaban J connectivity index is 1.86. The summed E-state index contributed by atoms with van der Waals surface area (Å²) in [6.45, 7) is 4.49. The fraction of sp³-hybridized carbons (Fsp3) is 1.00. The first-order valence-electron chi connectivity index (χ1n) is 6.94. The van der Waals surface area contributed by atoms with Crippen molar-refractivity contribution in [2.75, 3.05) is 39.8 Å². The van der Waals surface area contributed by atoms with Crippen LogP contribution in [0.4, 0.5) is 4.39 Å². The number of piperidine rings is 1. The van der Waals surface area contributed by atoms with E-state index < -0.39 is 5.67 Å². The van der Waals surface area contributed by atoms with Gasteiger partial charge in [0.25, 0.3) is 0 Å². The van der Waals surface area contributed by atoms with Crippen LogP contribution < -0.4 is 5.73 Å². The van der Waals surface area contributed by atoms with Crippen molar-refractivity contribution in [3.8, 4) is 0 Å². The number of likely N-dealkylation sites (tertiary alicyclic amines) is 2. The van der Waals surface area contributed by atoms with Crippen molar-refractivity contribution in [3.05, 3.63) is 0 Å². The van der Waals surface area contributed by atoms with Gasteiger partial charge in [0.05, 0.1) is 0 Å². The lowest BCUT2D eigenvalue weighted by molar-refractivity contribution is 0.110. The van der Waals surface area contributed by atoms with Crippen LogP contribution in [-0.2, 0) is 0 Å². The second-order valence-corrected chi connectivity index (χ2v) is 5.78. The van der Waals surface area contributed by atoms with E-state index in [1.54, 1.807) is 0 Å². The van der Waals surface area contributed by atoms with Crippen LogP contribution in [0.15, 0.2) is 0 Å². The lowest BCUT2D eigenvalue weighted by Crippen LogP contribution is -2.44. The van der Waals surface area contributed by atoms with Gasteiger partial charge in [0.15, 0.2) is 0 Å². The van der Waals surface area contributed by atoms with Crippen molar-refractivity contribution < 1.29 is 4.39 Å². The van der Waals surface area contributed by atoms with E-state index >= 15 is 0 Å². The lowest BCUT2D eigenvalue weighted by atomic mass is 9.97. The van der Waals surface area contributed by atoms with Crippen LogP contribution in [-0.4, -0.2) is 61.3 Å². The monoisotopic (exact) mass is 243 g/mol. The van der Waals surface area contributed by atoms with E-state index in [9.17, 15) is 4.39 Å². The Kier molecular flexibility index (Phi) is 4.39. The third-order valence-corrected chi connectivity index (χ3v) is 4.49. The summed E-state index contributed by atoms with van der Waals surface area (Å²) in [7, 11) is 2.18. The zero-order valence-corrected chi connectivity index (χ0v) is 11.0. The first-order valence-corrected chi connectivity index (χ1v) is 6.94. The second-order valence-electron chi connectivity index (χ2n) is 5.78. The molecule has 17 heavy (non-hydrogen) atoms. The largest absolute Gasteiger partial charge is 0.328 e. The molecular formula is C13H26FN3. The van der Waals surface area contributed by atoms with Crippen molar-refractivity contribution in [3.63, 3.8) is 0 Å². The summed E-state index contributed by atoms with van der Waals surface area (Å²) in [4.78, 5) is 4.89. The van der Waals surface area contributed by atoms with Gasteiger partial charge in [-0.1, -0.05) is 0 Å². The molecule has 0 aromatic rings. The summed E-state index contributed by atoms with van der Waals surface area (Å²) in [6.07, 6.45) is 4.69. The summed E-state index contributed by atoms with van der Waals surface area (Å²) in [5.74, 6) is 0. The minimum atomic E-state index is -1.10. The minimum Gasteiger partial charge on any atom is -0.328 e. The topological polar surface area (TPSA) is 32.5 Å². The van der Waals surface area contributed by atoms with Crippen molar-refractivity contribution >= 4 is 0 Å². The SMILES string of the molecule is CN1CCC(N2CCCC(F)(CN)CC2)CC1. The zero-order chi connectivity index (χ0) is 12.3. The Morgan fingerprint density at radius 2 is 1.88 bits per heavy atom. The molecule has 2 aliphatic heterocycles. The number of alkyl halides is 1. The molecule has 4 heteroatoms. The van der Waals surface area contributed by atoms with Gasteiger partial charge >= 0.3 is 0 Å². The van der Waals surface area contributed by atoms with Crippen molar-refractivity contribution in [2.45, 2.75) is 43.8 Å². The number of hydrogen-bond acceptors (Lipinski definition) is 3. The molecule has 2 heterocycles. The highest BCUT2D eigenvalue weighted by molar-refractivity contribution is 4.88. The number of nitrogens with two attached hydrogens (primary N) is 1. The van der Waals surface area contributed by atoms with E-state index in [4.69, 9.17) is 5.73 Å². The van der Waals surface area contributed by atoms with Gasteiger partial charge in [0.1, 0.15) is 5.67 Å². The predicted molar refractivity (Wildman–Crippen MR) is 68.8 cm³/mol. The van der Waals surface area contributed by atoms with E-state index in [2.05, 4.69) is 16.8 Å². The molecule has 3 nitrogen and oxygen atoms in total. The smallest absolute Gasteiger partial charge is 0.124 e. The molecule has 1 unspecified atom stereocenters. The highest BCUT2D eigenvalue weighted by Gasteiger charge is 2.33. The summed E-state index contributed by atoms with van der Waals surface area (Å²) in [5, 5.41) is 0. The molecule has 2 rings (SSSR count). The minimum absolute atomic E-state index is 0.189. The zero-order valence-electron chi connectivity index (χ0n) is 11.0. The van der Waals surface area contributed by atoms with Gasteiger partial charge in [-0.25, -0.2) is 4.39 Å². The van der Waals surface area contributed by atoms with E-state index in [0.29, 0.717) is 18.9 Å². The van der Waals surface area contributed by atoms with Gasteiger partial charge in [-0.15, -0.1) is 0 Å². The maximum absolute atomic E-state index is 14.2. The summed E-state index contributed by atoms with van der Waals surface area (Å²) >= 11 is 0. The van der Waals surface area contributed by atoms with Crippen LogP contribution in [0, 0.1) is 0 Å². The van der Waals surface area contributed by atoms with E-state index in [1.807, 2.05) is 0 Å². The van der Waals surface area contributed by atoms with Crippen LogP contribution in [0.25, 0.3) is 0 Å². The molecule has 0 bridgehead atoms. The molecule has 0 amide bonds. The van der Waals surface area contributed by atoms with Crippen LogP contribution in [0.3, 0.4) is 0 Å². The molecule has 0 spiro atoms. The third kappa shape index (κ3) is 3.39. The second kappa shape index (κ2) is 5.63. The first kappa shape index (κ1) is 13.2. The number of hydrogen-bond donors (Lipinski definition) is 1. The predicted octanol–water partition coefficient (Wildman–Crippen LogP) is 1.23. The highest BCUT2D eigenvalue weighted by atomic mass is 19.1. The maximum atomic E-state index is 14.2. The molecule has 2 saturated heterocycles. The molecule has 0 radical (unpaired) electrons. The van der Waals surface area contributed by atoms with Gasteiger partial charge in [-0.05, 0) is 58.8 Å². The normalized spacial score (nSPS) is 34.8. The Labute approximate surface area is 104 Å². The maximum Gasteiger partial charge on any atom is 0.124 e. The van der Waals surface area contributed by atoms with Crippen molar-refractivity contribution in [2.24, 2.45) is 5.73 Å². The molecule has 100 valence electrons. The molecule has 0 saturated carbocycles. The van der Waals surface area contributed by atoms with Crippen molar-refractivity contribution in [1.82, 2.24) is 9.80 Å². The van der Waals surface area contributed by atoms with Crippen LogP contribution in [0.5, 0.6) is 0 Å². The Bertz CT molecular complexity index is 241. The fourth-order valence-corrected chi connectivity index (χ4v) is 3.11. The van der Waals surface area contributed by atoms with E-state index in [-0.39, 0.29) is 6.54 Å². The molecule has 0 aromatic carbocycles. The average Bonchev–Trinajstić information content (AvgIpc) is 2.53. The molecule has 0 aromatic heterocycles. The van der Waals surface area contributed by atoms with Gasteiger partial charge in [-0.2, -0.15) is 0 Å². The molecule has 2 fully saturated rings. The number of rotatable bonds is 2. The summed E-state index contributed by atoms with van der Waals surface area (Å²) < 4.78 is 14.2. The molecule has 2 aliphatic rings. The number of nitrogens with zero attached hydrogens (tertiary/aromatic N) is 2. The fourth-order valence-electron chi connectivity index (χ4n) is 3.11. The number of halogens is 1. The molecule has 0 aliphatic carbocycles. The van der Waals surface area contributed by atoms with Gasteiger partial charge in [-0.3, -0.25) is 0 Å². The quantitative estimate of drug-likeness (QED) is 0.792. The Morgan fingerprint density at radius 3 is 2.53 bits per heavy atom. The first-order chi connectivity index (χ1) is 8.13. The van der Waals surface area contributed by atoms with Gasteiger partial charge in [0.2, 0.25) is 0 Å². The van der Waals surface area contributed by atoms with Crippen molar-refractivity contribution in [1.29, 1.82) is 0 Å². The Morgan fingerprint density at radius 1 is 1.18 bits per heavy atom. The van der Waals surface area contributed by atoms with Crippen LogP contribution in [0.1, 0.15) is 32.1 Å². The van der Waals surface area contributed by atoms with Gasteiger partial charge in [0, 0.05) is 19.1 Å². The van der Waals surface area contributed by atoms with Crippen LogP contribution in [0.2, 0.25) is 0 Å². The Hall–Kier alpha value is -0.190.